The number of amides is 1. The lowest BCUT2D eigenvalue weighted by Crippen LogP contribution is -2.50. The zero-order valence-corrected chi connectivity index (χ0v) is 11.0. The average molecular weight is 279 g/mol. The molecule has 0 bridgehead atoms. The Morgan fingerprint density at radius 1 is 1.25 bits per heavy atom. The second-order valence-electron chi connectivity index (χ2n) is 4.60. The monoisotopic (exact) mass is 279 g/mol. The fourth-order valence-electron chi connectivity index (χ4n) is 2.20. The molecule has 1 aromatic rings. The van der Waals surface area contributed by atoms with Gasteiger partial charge in [-0.1, -0.05) is 0 Å². The summed E-state index contributed by atoms with van der Waals surface area (Å²) in [4.78, 5) is 25.5. The number of hydrazine groups is 1. The number of non-ortho nitro benzene ring substituents is 1. The Balaban J connectivity index is 1.90. The lowest BCUT2D eigenvalue weighted by molar-refractivity contribution is -0.384. The van der Waals surface area contributed by atoms with Crippen LogP contribution in [0.2, 0.25) is 0 Å². The molecular weight excluding hydrogens is 262 g/mol. The van der Waals surface area contributed by atoms with Gasteiger partial charge in [0.1, 0.15) is 0 Å². The van der Waals surface area contributed by atoms with Crippen LogP contribution in [-0.2, 0) is 4.79 Å². The van der Waals surface area contributed by atoms with Crippen molar-refractivity contribution in [2.24, 2.45) is 5.84 Å². The van der Waals surface area contributed by atoms with Gasteiger partial charge in [-0.15, -0.1) is 0 Å². The van der Waals surface area contributed by atoms with Gasteiger partial charge in [-0.05, 0) is 12.1 Å². The molecule has 1 aliphatic heterocycles. The minimum absolute atomic E-state index is 0.0898. The Labute approximate surface area is 116 Å². The Morgan fingerprint density at radius 3 is 2.35 bits per heavy atom. The molecule has 1 aromatic carbocycles. The molecule has 2 rings (SSSR count). The van der Waals surface area contributed by atoms with E-state index in [2.05, 4.69) is 10.3 Å². The van der Waals surface area contributed by atoms with Crippen molar-refractivity contribution in [3.8, 4) is 0 Å². The van der Waals surface area contributed by atoms with Gasteiger partial charge in [-0.2, -0.15) is 0 Å². The van der Waals surface area contributed by atoms with Crippen molar-refractivity contribution in [1.29, 1.82) is 0 Å². The summed E-state index contributed by atoms with van der Waals surface area (Å²) in [5.41, 5.74) is 3.16. The standard InChI is InChI=1S/C12H17N5O3/c13-14-12(18)9-15-5-7-16(8-6-15)10-1-3-11(4-2-10)17(19)20/h1-4H,5-9,13H2,(H,14,18). The van der Waals surface area contributed by atoms with Crippen molar-refractivity contribution in [3.05, 3.63) is 34.4 Å². The number of rotatable bonds is 4. The number of nitrogens with zero attached hydrogens (tertiary/aromatic N) is 3. The van der Waals surface area contributed by atoms with Crippen molar-refractivity contribution in [2.45, 2.75) is 0 Å². The van der Waals surface area contributed by atoms with Gasteiger partial charge >= 0.3 is 0 Å². The highest BCUT2D eigenvalue weighted by molar-refractivity contribution is 5.77. The van der Waals surface area contributed by atoms with Crippen LogP contribution in [0.25, 0.3) is 0 Å². The molecule has 0 saturated carbocycles. The van der Waals surface area contributed by atoms with Crippen LogP contribution in [0.3, 0.4) is 0 Å². The molecule has 1 saturated heterocycles. The third-order valence-electron chi connectivity index (χ3n) is 3.33. The van der Waals surface area contributed by atoms with Crippen molar-refractivity contribution in [3.63, 3.8) is 0 Å². The van der Waals surface area contributed by atoms with Gasteiger partial charge in [0, 0.05) is 44.0 Å². The number of benzene rings is 1. The molecule has 0 aromatic heterocycles. The van der Waals surface area contributed by atoms with E-state index in [1.165, 1.54) is 12.1 Å². The number of nitro groups is 1. The molecule has 0 spiro atoms. The molecule has 1 amide bonds. The quantitative estimate of drug-likeness (QED) is 0.339. The lowest BCUT2D eigenvalue weighted by atomic mass is 10.2. The van der Waals surface area contributed by atoms with Crippen molar-refractivity contribution >= 4 is 17.3 Å². The normalized spacial score (nSPS) is 15.9. The maximum Gasteiger partial charge on any atom is 0.269 e. The van der Waals surface area contributed by atoms with E-state index < -0.39 is 4.92 Å². The van der Waals surface area contributed by atoms with E-state index in [1.54, 1.807) is 12.1 Å². The lowest BCUT2D eigenvalue weighted by Gasteiger charge is -2.35. The predicted molar refractivity (Wildman–Crippen MR) is 74.1 cm³/mol. The summed E-state index contributed by atoms with van der Waals surface area (Å²) < 4.78 is 0. The first-order valence-electron chi connectivity index (χ1n) is 6.31. The Morgan fingerprint density at radius 2 is 1.85 bits per heavy atom. The number of nitrogens with one attached hydrogen (secondary N) is 1. The van der Waals surface area contributed by atoms with Crippen LogP contribution in [0.15, 0.2) is 24.3 Å². The highest BCUT2D eigenvalue weighted by atomic mass is 16.6. The Bertz CT molecular complexity index is 482. The number of hydrogen-bond acceptors (Lipinski definition) is 6. The topological polar surface area (TPSA) is 105 Å². The van der Waals surface area contributed by atoms with Crippen LogP contribution in [0.4, 0.5) is 11.4 Å². The minimum Gasteiger partial charge on any atom is -0.369 e. The molecule has 20 heavy (non-hydrogen) atoms. The van der Waals surface area contributed by atoms with E-state index >= 15 is 0 Å². The fourth-order valence-corrected chi connectivity index (χ4v) is 2.20. The second-order valence-corrected chi connectivity index (χ2v) is 4.60. The van der Waals surface area contributed by atoms with Crippen LogP contribution in [0, 0.1) is 10.1 Å². The second kappa shape index (κ2) is 6.31. The van der Waals surface area contributed by atoms with Crippen LogP contribution in [0.1, 0.15) is 0 Å². The highest BCUT2D eigenvalue weighted by Gasteiger charge is 2.19. The molecule has 108 valence electrons. The zero-order valence-electron chi connectivity index (χ0n) is 11.0. The molecule has 0 aliphatic carbocycles. The van der Waals surface area contributed by atoms with Gasteiger partial charge in [0.25, 0.3) is 5.69 Å². The predicted octanol–water partition coefficient (Wildman–Crippen LogP) is -0.293. The fraction of sp³-hybridized carbons (Fsp3) is 0.417. The van der Waals surface area contributed by atoms with Gasteiger partial charge in [-0.3, -0.25) is 25.2 Å². The summed E-state index contributed by atoms with van der Waals surface area (Å²) in [6, 6.07) is 6.51. The average Bonchev–Trinajstić information content (AvgIpc) is 2.48. The molecule has 0 unspecified atom stereocenters. The molecule has 0 radical (unpaired) electrons. The first kappa shape index (κ1) is 14.2. The molecule has 0 atom stereocenters. The summed E-state index contributed by atoms with van der Waals surface area (Å²) in [6.45, 7) is 3.35. The maximum atomic E-state index is 11.2. The summed E-state index contributed by atoms with van der Waals surface area (Å²) in [5.74, 6) is 4.85. The minimum atomic E-state index is -0.410. The van der Waals surface area contributed by atoms with E-state index in [1.807, 2.05) is 4.90 Å². The summed E-state index contributed by atoms with van der Waals surface area (Å²) in [5, 5.41) is 10.6. The number of nitrogens with two attached hydrogens (primary N) is 1. The van der Waals surface area contributed by atoms with E-state index in [9.17, 15) is 14.9 Å². The number of anilines is 1. The molecular formula is C12H17N5O3. The molecule has 8 nitrogen and oxygen atoms in total. The third kappa shape index (κ3) is 3.43. The number of hydrogen-bond donors (Lipinski definition) is 2. The molecule has 1 aliphatic rings. The van der Waals surface area contributed by atoms with Crippen LogP contribution in [0.5, 0.6) is 0 Å². The molecule has 8 heteroatoms. The highest BCUT2D eigenvalue weighted by Crippen LogP contribution is 2.20. The van der Waals surface area contributed by atoms with E-state index in [-0.39, 0.29) is 11.6 Å². The summed E-state index contributed by atoms with van der Waals surface area (Å²) >= 11 is 0. The van der Waals surface area contributed by atoms with Gasteiger partial charge in [-0.25, -0.2) is 5.84 Å². The molecule has 3 N–H and O–H groups in total. The number of carbonyl (C=O) groups is 1. The smallest absolute Gasteiger partial charge is 0.269 e. The maximum absolute atomic E-state index is 11.2. The first-order chi connectivity index (χ1) is 9.60. The molecule has 1 fully saturated rings. The summed E-state index contributed by atoms with van der Waals surface area (Å²) in [6.07, 6.45) is 0. The number of piperazine rings is 1. The van der Waals surface area contributed by atoms with E-state index in [0.717, 1.165) is 31.9 Å². The summed E-state index contributed by atoms with van der Waals surface area (Å²) in [7, 11) is 0. The molecule has 1 heterocycles. The largest absolute Gasteiger partial charge is 0.369 e. The van der Waals surface area contributed by atoms with Gasteiger partial charge in [0.2, 0.25) is 5.91 Å². The van der Waals surface area contributed by atoms with Crippen molar-refractivity contribution < 1.29 is 9.72 Å². The van der Waals surface area contributed by atoms with Gasteiger partial charge < -0.3 is 4.90 Å². The van der Waals surface area contributed by atoms with Crippen molar-refractivity contribution in [1.82, 2.24) is 10.3 Å². The number of carbonyl (C=O) groups excluding carboxylic acids is 1. The van der Waals surface area contributed by atoms with Crippen molar-refractivity contribution in [2.75, 3.05) is 37.6 Å². The van der Waals surface area contributed by atoms with Crippen LogP contribution < -0.4 is 16.2 Å². The first-order valence-corrected chi connectivity index (χ1v) is 6.31. The Kier molecular flexibility index (Phi) is 4.49. The van der Waals surface area contributed by atoms with Gasteiger partial charge in [0.15, 0.2) is 0 Å². The number of nitro benzene ring substituents is 1. The van der Waals surface area contributed by atoms with E-state index in [4.69, 9.17) is 5.84 Å². The SMILES string of the molecule is NNC(=O)CN1CCN(c2ccc([N+](=O)[O-])cc2)CC1. The van der Waals surface area contributed by atoms with Gasteiger partial charge in [0.05, 0.1) is 11.5 Å². The Hall–Kier alpha value is -2.19. The van der Waals surface area contributed by atoms with Crippen LogP contribution in [-0.4, -0.2) is 48.5 Å². The zero-order chi connectivity index (χ0) is 14.5. The third-order valence-corrected chi connectivity index (χ3v) is 3.33. The van der Waals surface area contributed by atoms with Crippen LogP contribution >= 0.6 is 0 Å². The van der Waals surface area contributed by atoms with E-state index in [0.29, 0.717) is 6.54 Å².